The summed E-state index contributed by atoms with van der Waals surface area (Å²) >= 11 is 6.50. The van der Waals surface area contributed by atoms with Crippen molar-refractivity contribution in [3.63, 3.8) is 0 Å². The van der Waals surface area contributed by atoms with Crippen LogP contribution in [0.25, 0.3) is 16.9 Å². The van der Waals surface area contributed by atoms with E-state index in [1.54, 1.807) is 53.5 Å². The number of rotatable bonds is 8. The second-order valence-electron chi connectivity index (χ2n) is 10.2. The molecule has 4 aromatic rings. The van der Waals surface area contributed by atoms with Crippen LogP contribution in [0.15, 0.2) is 61.1 Å². The Morgan fingerprint density at radius 1 is 1.15 bits per heavy atom. The monoisotopic (exact) mass is 569 g/mol. The first-order valence-electron chi connectivity index (χ1n) is 13.5. The lowest BCUT2D eigenvalue weighted by atomic mass is 9.76. The molecule has 0 radical (unpaired) electrons. The van der Waals surface area contributed by atoms with Crippen LogP contribution in [0.3, 0.4) is 0 Å². The number of hydrogen-bond donors (Lipinski definition) is 2. The van der Waals surface area contributed by atoms with Gasteiger partial charge in [-0.25, -0.2) is 9.97 Å². The summed E-state index contributed by atoms with van der Waals surface area (Å²) < 4.78 is 44.5. The molecule has 210 valence electrons. The normalized spacial score (nSPS) is 15.3. The van der Waals surface area contributed by atoms with E-state index < -0.39 is 17.6 Å². The van der Waals surface area contributed by atoms with Crippen LogP contribution in [-0.2, 0) is 17.4 Å². The number of halogens is 4. The average Bonchev–Trinajstić information content (AvgIpc) is 3.37. The zero-order valence-corrected chi connectivity index (χ0v) is 22.9. The molecule has 0 aliphatic carbocycles. The van der Waals surface area contributed by atoms with Gasteiger partial charge in [0.25, 0.3) is 0 Å². The van der Waals surface area contributed by atoms with Crippen LogP contribution in [0, 0.1) is 5.92 Å². The Kier molecular flexibility index (Phi) is 8.42. The van der Waals surface area contributed by atoms with Crippen LogP contribution in [0.1, 0.15) is 55.2 Å². The number of piperidine rings is 1. The zero-order chi connectivity index (χ0) is 28.3. The molecule has 6 nitrogen and oxygen atoms in total. The Labute approximate surface area is 236 Å². The second-order valence-corrected chi connectivity index (χ2v) is 10.7. The number of carbonyl (C=O) groups is 1. The van der Waals surface area contributed by atoms with Gasteiger partial charge in [0.1, 0.15) is 11.8 Å². The Balaban J connectivity index is 1.34. The maximum Gasteiger partial charge on any atom is 0.416 e. The summed E-state index contributed by atoms with van der Waals surface area (Å²) in [6.45, 7) is 3.64. The van der Waals surface area contributed by atoms with Gasteiger partial charge >= 0.3 is 6.18 Å². The SMILES string of the molecule is CCCC(c1ccc(NC(=O)Cc2ccc(-n3cnc4cccnc43)cc2Cl)cc1C(F)(F)F)C1CCNCC1. The van der Waals surface area contributed by atoms with Crippen molar-refractivity contribution in [1.82, 2.24) is 19.9 Å². The van der Waals surface area contributed by atoms with Crippen molar-refractivity contribution in [3.05, 3.63) is 82.8 Å². The number of carbonyl (C=O) groups excluding carboxylic acids is 1. The van der Waals surface area contributed by atoms with Crippen molar-refractivity contribution in [2.75, 3.05) is 18.4 Å². The summed E-state index contributed by atoms with van der Waals surface area (Å²) in [5, 5.41) is 6.30. The fourth-order valence-corrected chi connectivity index (χ4v) is 5.89. The molecule has 1 aliphatic rings. The number of hydrogen-bond acceptors (Lipinski definition) is 4. The van der Waals surface area contributed by atoms with Gasteiger partial charge < -0.3 is 10.6 Å². The average molecular weight is 570 g/mol. The van der Waals surface area contributed by atoms with E-state index in [0.29, 0.717) is 28.2 Å². The minimum absolute atomic E-state index is 0.0846. The molecule has 1 saturated heterocycles. The molecule has 5 rings (SSSR count). The molecule has 1 unspecified atom stereocenters. The minimum atomic E-state index is -4.53. The molecule has 3 heterocycles. The molecule has 2 N–H and O–H groups in total. The summed E-state index contributed by atoms with van der Waals surface area (Å²) in [5.74, 6) is -0.425. The van der Waals surface area contributed by atoms with E-state index in [2.05, 4.69) is 20.6 Å². The quantitative estimate of drug-likeness (QED) is 0.236. The number of fused-ring (bicyclic) bond motifs is 1. The van der Waals surface area contributed by atoms with Gasteiger partial charge in [-0.15, -0.1) is 0 Å². The van der Waals surface area contributed by atoms with Crippen molar-refractivity contribution in [2.45, 2.75) is 51.1 Å². The molecule has 1 atom stereocenters. The number of anilines is 1. The molecule has 1 amide bonds. The molecule has 0 saturated carbocycles. The Hall–Kier alpha value is -3.43. The third-order valence-electron chi connectivity index (χ3n) is 7.57. The molecule has 10 heteroatoms. The molecule has 2 aromatic heterocycles. The number of pyridine rings is 1. The van der Waals surface area contributed by atoms with E-state index >= 15 is 0 Å². The van der Waals surface area contributed by atoms with E-state index in [1.807, 2.05) is 13.0 Å². The van der Waals surface area contributed by atoms with Crippen molar-refractivity contribution in [2.24, 2.45) is 5.92 Å². The standard InChI is InChI=1S/C30H31ClF3N5O/c1-2-4-23(19-10-13-35-14-11-19)24-9-7-21(16-25(24)30(32,33)34)38-28(40)15-20-6-8-22(17-26(20)31)39-18-37-27-5-3-12-36-29(27)39/h3,5-9,12,16-19,23,35H,2,4,10-11,13-15H2,1H3,(H,38,40). The van der Waals surface area contributed by atoms with Crippen LogP contribution in [0.5, 0.6) is 0 Å². The topological polar surface area (TPSA) is 71.8 Å². The Bertz CT molecular complexity index is 1500. The summed E-state index contributed by atoms with van der Waals surface area (Å²) in [6, 6.07) is 13.1. The van der Waals surface area contributed by atoms with E-state index in [9.17, 15) is 18.0 Å². The lowest BCUT2D eigenvalue weighted by molar-refractivity contribution is -0.138. The van der Waals surface area contributed by atoms with E-state index in [1.165, 1.54) is 0 Å². The predicted octanol–water partition coefficient (Wildman–Crippen LogP) is 7.16. The number of nitrogens with one attached hydrogen (secondary N) is 2. The number of aromatic nitrogens is 3. The summed E-state index contributed by atoms with van der Waals surface area (Å²) in [6.07, 6.45) is 1.92. The number of nitrogens with zero attached hydrogens (tertiary/aromatic N) is 3. The fraction of sp³-hybridized carbons (Fsp3) is 0.367. The highest BCUT2D eigenvalue weighted by Crippen LogP contribution is 2.43. The minimum Gasteiger partial charge on any atom is -0.326 e. The largest absolute Gasteiger partial charge is 0.416 e. The molecular weight excluding hydrogens is 539 g/mol. The van der Waals surface area contributed by atoms with Crippen molar-refractivity contribution < 1.29 is 18.0 Å². The van der Waals surface area contributed by atoms with E-state index in [-0.39, 0.29) is 23.9 Å². The lowest BCUT2D eigenvalue weighted by Gasteiger charge is -2.32. The maximum absolute atomic E-state index is 14.2. The van der Waals surface area contributed by atoms with Gasteiger partial charge in [0.05, 0.1) is 17.7 Å². The first-order chi connectivity index (χ1) is 19.2. The third-order valence-corrected chi connectivity index (χ3v) is 7.92. The first-order valence-corrected chi connectivity index (χ1v) is 13.9. The molecular formula is C30H31ClF3N5O. The van der Waals surface area contributed by atoms with Crippen molar-refractivity contribution >= 4 is 34.4 Å². The van der Waals surface area contributed by atoms with Gasteiger partial charge in [-0.3, -0.25) is 9.36 Å². The van der Waals surface area contributed by atoms with Crippen molar-refractivity contribution in [3.8, 4) is 5.69 Å². The fourth-order valence-electron chi connectivity index (χ4n) is 5.65. The summed E-state index contributed by atoms with van der Waals surface area (Å²) in [4.78, 5) is 21.6. The van der Waals surface area contributed by atoms with E-state index in [0.717, 1.165) is 49.6 Å². The molecule has 0 bridgehead atoms. The number of alkyl halides is 3. The van der Waals surface area contributed by atoms with Crippen LogP contribution in [-0.4, -0.2) is 33.5 Å². The Morgan fingerprint density at radius 3 is 2.67 bits per heavy atom. The molecule has 40 heavy (non-hydrogen) atoms. The van der Waals surface area contributed by atoms with Crippen molar-refractivity contribution in [1.29, 1.82) is 0 Å². The van der Waals surface area contributed by atoms with Gasteiger partial charge in [0.15, 0.2) is 5.65 Å². The maximum atomic E-state index is 14.2. The smallest absolute Gasteiger partial charge is 0.326 e. The Morgan fingerprint density at radius 2 is 1.95 bits per heavy atom. The zero-order valence-electron chi connectivity index (χ0n) is 22.1. The highest BCUT2D eigenvalue weighted by Gasteiger charge is 2.37. The highest BCUT2D eigenvalue weighted by atomic mass is 35.5. The lowest BCUT2D eigenvalue weighted by Crippen LogP contribution is -2.31. The van der Waals surface area contributed by atoms with E-state index in [4.69, 9.17) is 11.6 Å². The third kappa shape index (κ3) is 6.15. The number of amides is 1. The number of imidazole rings is 1. The summed E-state index contributed by atoms with van der Waals surface area (Å²) in [7, 11) is 0. The second kappa shape index (κ2) is 12.0. The van der Waals surface area contributed by atoms with Crippen LogP contribution < -0.4 is 10.6 Å². The molecule has 2 aromatic carbocycles. The van der Waals surface area contributed by atoms with Crippen LogP contribution >= 0.6 is 11.6 Å². The van der Waals surface area contributed by atoms with Crippen LogP contribution in [0.4, 0.5) is 18.9 Å². The van der Waals surface area contributed by atoms with Gasteiger partial charge in [-0.2, -0.15) is 13.2 Å². The first kappa shape index (κ1) is 28.1. The molecule has 0 spiro atoms. The summed E-state index contributed by atoms with van der Waals surface area (Å²) in [5.41, 5.74) is 2.46. The van der Waals surface area contributed by atoms with Gasteiger partial charge in [-0.05, 0) is 91.7 Å². The van der Waals surface area contributed by atoms with Gasteiger partial charge in [0.2, 0.25) is 5.91 Å². The van der Waals surface area contributed by atoms with Gasteiger partial charge in [-0.1, -0.05) is 37.1 Å². The highest BCUT2D eigenvalue weighted by molar-refractivity contribution is 6.31. The predicted molar refractivity (Wildman–Crippen MR) is 151 cm³/mol. The van der Waals surface area contributed by atoms with Crippen LogP contribution in [0.2, 0.25) is 5.02 Å². The number of benzene rings is 2. The molecule has 1 aliphatic heterocycles. The van der Waals surface area contributed by atoms with Gasteiger partial charge in [0, 0.05) is 16.9 Å². The molecule has 1 fully saturated rings.